The predicted molar refractivity (Wildman–Crippen MR) is 78.2 cm³/mol. The number of benzene rings is 1. The van der Waals surface area contributed by atoms with Crippen LogP contribution in [0.5, 0.6) is 0 Å². The number of ketones is 1. The van der Waals surface area contributed by atoms with Crippen LogP contribution >= 0.6 is 0 Å². The first-order chi connectivity index (χ1) is 9.79. The Morgan fingerprint density at radius 3 is 2.60 bits per heavy atom. The van der Waals surface area contributed by atoms with Gasteiger partial charge in [-0.2, -0.15) is 5.26 Å². The van der Waals surface area contributed by atoms with Crippen molar-refractivity contribution in [1.29, 1.82) is 5.26 Å². The summed E-state index contributed by atoms with van der Waals surface area (Å²) < 4.78 is 0. The molecule has 1 aliphatic carbocycles. The van der Waals surface area contributed by atoms with Crippen LogP contribution in [-0.4, -0.2) is 12.3 Å². The molecule has 3 heteroatoms. The number of nitrogens with zero attached hydrogens (tertiary/aromatic N) is 2. The number of rotatable bonds is 2. The zero-order valence-electron chi connectivity index (χ0n) is 11.6. The highest BCUT2D eigenvalue weighted by molar-refractivity contribution is 5.98. The molecule has 3 nitrogen and oxygen atoms in total. The number of Topliss-reactive ketones (excluding diaryl/α,β-unsaturated/α-hetero) is 1. The number of allylic oxidation sites excluding steroid dienone is 2. The van der Waals surface area contributed by atoms with Crippen molar-refractivity contribution in [2.75, 3.05) is 11.4 Å². The van der Waals surface area contributed by atoms with E-state index in [1.165, 1.54) is 12.1 Å². The Morgan fingerprint density at radius 1 is 1.10 bits per heavy atom. The second-order valence-corrected chi connectivity index (χ2v) is 5.46. The van der Waals surface area contributed by atoms with Gasteiger partial charge in [0.15, 0.2) is 5.78 Å². The van der Waals surface area contributed by atoms with Gasteiger partial charge in [0, 0.05) is 29.9 Å². The Morgan fingerprint density at radius 2 is 1.85 bits per heavy atom. The summed E-state index contributed by atoms with van der Waals surface area (Å²) in [5.74, 6) is 0.344. The van der Waals surface area contributed by atoms with E-state index >= 15 is 0 Å². The molecule has 0 N–H and O–H groups in total. The Kier molecular flexibility index (Phi) is 3.56. The van der Waals surface area contributed by atoms with Gasteiger partial charge in [-0.05, 0) is 43.4 Å². The Balaban J connectivity index is 1.91. The van der Waals surface area contributed by atoms with E-state index in [1.54, 1.807) is 0 Å². The van der Waals surface area contributed by atoms with Crippen molar-refractivity contribution in [1.82, 2.24) is 0 Å². The van der Waals surface area contributed by atoms with E-state index in [9.17, 15) is 4.79 Å². The average molecular weight is 266 g/mol. The van der Waals surface area contributed by atoms with E-state index in [0.29, 0.717) is 18.6 Å². The van der Waals surface area contributed by atoms with Crippen molar-refractivity contribution in [2.24, 2.45) is 0 Å². The van der Waals surface area contributed by atoms with E-state index in [1.807, 2.05) is 12.1 Å². The number of hydrogen-bond acceptors (Lipinski definition) is 3. The molecule has 3 rings (SSSR count). The van der Waals surface area contributed by atoms with Gasteiger partial charge in [-0.15, -0.1) is 0 Å². The standard InChI is InChI=1S/C17H18N2O/c18-11-9-13-5-7-14(8-6-13)19-12-10-17(20)15-3-1-2-4-16(15)19/h5-8H,1-4,9-10,12H2. The lowest BCUT2D eigenvalue weighted by Gasteiger charge is -2.35. The molecular weight excluding hydrogens is 248 g/mol. The highest BCUT2D eigenvalue weighted by Gasteiger charge is 2.28. The van der Waals surface area contributed by atoms with Crippen molar-refractivity contribution in [3.05, 3.63) is 41.1 Å². The quantitative estimate of drug-likeness (QED) is 0.824. The van der Waals surface area contributed by atoms with Gasteiger partial charge in [-0.3, -0.25) is 4.79 Å². The molecule has 1 aromatic rings. The summed E-state index contributed by atoms with van der Waals surface area (Å²) in [6.45, 7) is 0.787. The maximum absolute atomic E-state index is 12.0. The molecule has 102 valence electrons. The van der Waals surface area contributed by atoms with Gasteiger partial charge in [-0.1, -0.05) is 12.1 Å². The van der Waals surface area contributed by atoms with Crippen molar-refractivity contribution in [3.63, 3.8) is 0 Å². The minimum absolute atomic E-state index is 0.344. The minimum Gasteiger partial charge on any atom is -0.344 e. The largest absolute Gasteiger partial charge is 0.344 e. The third kappa shape index (κ3) is 2.34. The molecule has 0 bridgehead atoms. The lowest BCUT2D eigenvalue weighted by atomic mass is 9.88. The van der Waals surface area contributed by atoms with E-state index in [2.05, 4.69) is 23.1 Å². The molecule has 1 aromatic carbocycles. The first-order valence-corrected chi connectivity index (χ1v) is 7.28. The Bertz CT molecular complexity index is 592. The molecule has 0 saturated heterocycles. The second kappa shape index (κ2) is 5.50. The molecule has 0 fully saturated rings. The maximum atomic E-state index is 12.0. The summed E-state index contributed by atoms with van der Waals surface area (Å²) in [6.07, 6.45) is 5.35. The maximum Gasteiger partial charge on any atom is 0.162 e. The summed E-state index contributed by atoms with van der Waals surface area (Å²) >= 11 is 0. The fourth-order valence-corrected chi connectivity index (χ4v) is 3.16. The third-order valence-electron chi connectivity index (χ3n) is 4.19. The molecule has 1 aliphatic heterocycles. The van der Waals surface area contributed by atoms with Crippen molar-refractivity contribution in [3.8, 4) is 6.07 Å². The number of carbonyl (C=O) groups is 1. The van der Waals surface area contributed by atoms with Crippen LogP contribution in [-0.2, 0) is 11.2 Å². The van der Waals surface area contributed by atoms with Crippen LogP contribution in [0.2, 0.25) is 0 Å². The summed E-state index contributed by atoms with van der Waals surface area (Å²) in [6, 6.07) is 10.3. The molecular formula is C17H18N2O. The molecule has 0 unspecified atom stereocenters. The number of nitriles is 1. The van der Waals surface area contributed by atoms with Crippen molar-refractivity contribution < 1.29 is 4.79 Å². The zero-order valence-corrected chi connectivity index (χ0v) is 11.6. The fourth-order valence-electron chi connectivity index (χ4n) is 3.16. The monoisotopic (exact) mass is 266 g/mol. The van der Waals surface area contributed by atoms with E-state index in [0.717, 1.165) is 42.6 Å². The topological polar surface area (TPSA) is 44.1 Å². The summed E-state index contributed by atoms with van der Waals surface area (Å²) in [4.78, 5) is 14.3. The van der Waals surface area contributed by atoms with Crippen LogP contribution in [0.25, 0.3) is 0 Å². The van der Waals surface area contributed by atoms with Gasteiger partial charge in [0.1, 0.15) is 0 Å². The molecule has 0 radical (unpaired) electrons. The molecule has 0 spiro atoms. The lowest BCUT2D eigenvalue weighted by molar-refractivity contribution is -0.116. The molecule has 2 aliphatic rings. The third-order valence-corrected chi connectivity index (χ3v) is 4.19. The van der Waals surface area contributed by atoms with Crippen LogP contribution in [0, 0.1) is 11.3 Å². The highest BCUT2D eigenvalue weighted by atomic mass is 16.1. The van der Waals surface area contributed by atoms with Gasteiger partial charge >= 0.3 is 0 Å². The predicted octanol–water partition coefficient (Wildman–Crippen LogP) is 3.36. The molecule has 0 atom stereocenters. The lowest BCUT2D eigenvalue weighted by Crippen LogP contribution is -2.34. The average Bonchev–Trinajstić information content (AvgIpc) is 2.49. The fraction of sp³-hybridized carbons (Fsp3) is 0.412. The van der Waals surface area contributed by atoms with E-state index < -0.39 is 0 Å². The van der Waals surface area contributed by atoms with Crippen LogP contribution in [0.3, 0.4) is 0 Å². The highest BCUT2D eigenvalue weighted by Crippen LogP contribution is 2.35. The van der Waals surface area contributed by atoms with Gasteiger partial charge < -0.3 is 4.90 Å². The van der Waals surface area contributed by atoms with Crippen LogP contribution in [0.1, 0.15) is 37.7 Å². The molecule has 0 saturated carbocycles. The normalized spacial score (nSPS) is 18.8. The van der Waals surface area contributed by atoms with Crippen LogP contribution in [0.4, 0.5) is 5.69 Å². The number of carbonyl (C=O) groups excluding carboxylic acids is 1. The molecule has 1 heterocycles. The SMILES string of the molecule is N#CCc1ccc(N2CCC(=O)C3=C2CCCC3)cc1. The smallest absolute Gasteiger partial charge is 0.162 e. The second-order valence-electron chi connectivity index (χ2n) is 5.46. The minimum atomic E-state index is 0.344. The van der Waals surface area contributed by atoms with Gasteiger partial charge in [0.05, 0.1) is 12.5 Å². The zero-order chi connectivity index (χ0) is 13.9. The van der Waals surface area contributed by atoms with Gasteiger partial charge in [-0.25, -0.2) is 0 Å². The van der Waals surface area contributed by atoms with Gasteiger partial charge in [0.25, 0.3) is 0 Å². The Labute approximate surface area is 119 Å². The summed E-state index contributed by atoms with van der Waals surface area (Å²) in [7, 11) is 0. The first kappa shape index (κ1) is 12.9. The van der Waals surface area contributed by atoms with E-state index in [4.69, 9.17) is 5.26 Å². The van der Waals surface area contributed by atoms with Crippen LogP contribution in [0.15, 0.2) is 35.5 Å². The van der Waals surface area contributed by atoms with Gasteiger partial charge in [0.2, 0.25) is 0 Å². The molecule has 20 heavy (non-hydrogen) atoms. The van der Waals surface area contributed by atoms with Crippen molar-refractivity contribution >= 4 is 11.5 Å². The van der Waals surface area contributed by atoms with Crippen LogP contribution < -0.4 is 4.90 Å². The summed E-state index contributed by atoms with van der Waals surface area (Å²) in [5, 5.41) is 8.72. The molecule has 0 amide bonds. The Hall–Kier alpha value is -2.08. The van der Waals surface area contributed by atoms with E-state index in [-0.39, 0.29) is 0 Å². The molecule has 0 aromatic heterocycles. The van der Waals surface area contributed by atoms with Crippen molar-refractivity contribution in [2.45, 2.75) is 38.5 Å². The summed E-state index contributed by atoms with van der Waals surface area (Å²) in [5.41, 5.74) is 4.49. The number of anilines is 1. The number of hydrogen-bond donors (Lipinski definition) is 0. The first-order valence-electron chi connectivity index (χ1n) is 7.28.